The van der Waals surface area contributed by atoms with Gasteiger partial charge in [0.25, 0.3) is 0 Å². The molecule has 0 amide bonds. The van der Waals surface area contributed by atoms with Gasteiger partial charge in [0, 0.05) is 12.8 Å². The van der Waals surface area contributed by atoms with E-state index in [1.54, 1.807) is 0 Å². The fraction of sp³-hybridized carbons (Fsp3) is 0.625. The van der Waals surface area contributed by atoms with E-state index < -0.39 is 0 Å². The smallest absolute Gasteiger partial charge is 0.145 e. The van der Waals surface area contributed by atoms with Gasteiger partial charge in [0.2, 0.25) is 0 Å². The van der Waals surface area contributed by atoms with E-state index >= 15 is 0 Å². The van der Waals surface area contributed by atoms with Crippen LogP contribution < -0.4 is 5.73 Å². The van der Waals surface area contributed by atoms with E-state index in [4.69, 9.17) is 10.5 Å². The molecule has 1 aliphatic heterocycles. The number of aromatic nitrogens is 2. The summed E-state index contributed by atoms with van der Waals surface area (Å²) in [6.07, 6.45) is 4.17. The van der Waals surface area contributed by atoms with Crippen molar-refractivity contribution < 1.29 is 4.74 Å². The molecule has 4 heteroatoms. The lowest BCUT2D eigenvalue weighted by Gasteiger charge is -2.22. The number of nitrogens with two attached hydrogens (primary N) is 1. The number of hydrogen-bond donors (Lipinski definition) is 1. The molecule has 2 rings (SSSR count). The molecular weight excluding hydrogens is 154 g/mol. The van der Waals surface area contributed by atoms with Gasteiger partial charge in [-0.2, -0.15) is 5.10 Å². The summed E-state index contributed by atoms with van der Waals surface area (Å²) < 4.78 is 7.24. The summed E-state index contributed by atoms with van der Waals surface area (Å²) in [5.74, 6) is 0.584. The Labute approximate surface area is 71.3 Å². The van der Waals surface area contributed by atoms with Gasteiger partial charge in [0.15, 0.2) is 0 Å². The molecule has 0 bridgehead atoms. The lowest BCUT2D eigenvalue weighted by Crippen LogP contribution is -2.21. The van der Waals surface area contributed by atoms with Gasteiger partial charge in [-0.3, -0.25) is 4.68 Å². The van der Waals surface area contributed by atoms with Crippen LogP contribution in [0.4, 0.5) is 5.82 Å². The van der Waals surface area contributed by atoms with Crippen LogP contribution in [0.3, 0.4) is 0 Å². The summed E-state index contributed by atoms with van der Waals surface area (Å²) in [4.78, 5) is 0. The first-order valence-corrected chi connectivity index (χ1v) is 4.24. The summed E-state index contributed by atoms with van der Waals surface area (Å²) in [6.45, 7) is 1.65. The van der Waals surface area contributed by atoms with Crippen LogP contribution in [0, 0.1) is 0 Å². The normalized spacial score (nSPS) is 24.2. The van der Waals surface area contributed by atoms with Gasteiger partial charge in [0.1, 0.15) is 5.82 Å². The molecule has 4 nitrogen and oxygen atoms in total. The summed E-state index contributed by atoms with van der Waals surface area (Å²) in [5, 5.41) is 4.15. The SMILES string of the molecule is Nc1ccn(C2CCCOC2)n1. The lowest BCUT2D eigenvalue weighted by molar-refractivity contribution is 0.0550. The molecule has 0 saturated carbocycles. The van der Waals surface area contributed by atoms with E-state index in [1.165, 1.54) is 0 Å². The van der Waals surface area contributed by atoms with Crippen molar-refractivity contribution in [2.45, 2.75) is 18.9 Å². The molecule has 2 heterocycles. The predicted molar refractivity (Wildman–Crippen MR) is 45.7 cm³/mol. The lowest BCUT2D eigenvalue weighted by atomic mass is 10.1. The minimum atomic E-state index is 0.385. The standard InChI is InChI=1S/C8H13N3O/c9-8-3-4-11(10-8)7-2-1-5-12-6-7/h3-4,7H,1-2,5-6H2,(H2,9,10). The van der Waals surface area contributed by atoms with Crippen LogP contribution in [0.5, 0.6) is 0 Å². The molecule has 1 aliphatic rings. The van der Waals surface area contributed by atoms with Crippen LogP contribution in [0.25, 0.3) is 0 Å². The molecule has 0 aromatic carbocycles. The molecule has 12 heavy (non-hydrogen) atoms. The molecule has 1 unspecified atom stereocenters. The topological polar surface area (TPSA) is 53.1 Å². The number of ether oxygens (including phenoxy) is 1. The van der Waals surface area contributed by atoms with Gasteiger partial charge in [-0.15, -0.1) is 0 Å². The third kappa shape index (κ3) is 1.43. The minimum absolute atomic E-state index is 0.385. The highest BCUT2D eigenvalue weighted by Crippen LogP contribution is 2.18. The third-order valence-corrected chi connectivity index (χ3v) is 2.14. The molecule has 1 saturated heterocycles. The van der Waals surface area contributed by atoms with Crippen molar-refractivity contribution in [3.8, 4) is 0 Å². The highest BCUT2D eigenvalue weighted by Gasteiger charge is 2.15. The third-order valence-electron chi connectivity index (χ3n) is 2.14. The summed E-state index contributed by atoms with van der Waals surface area (Å²) in [7, 11) is 0. The Morgan fingerprint density at radius 1 is 1.67 bits per heavy atom. The number of anilines is 1. The maximum atomic E-state index is 5.51. The average Bonchev–Trinajstić information content (AvgIpc) is 2.54. The van der Waals surface area contributed by atoms with Crippen molar-refractivity contribution in [2.75, 3.05) is 18.9 Å². The fourth-order valence-corrected chi connectivity index (χ4v) is 1.49. The number of rotatable bonds is 1. The van der Waals surface area contributed by atoms with E-state index in [0.717, 1.165) is 26.1 Å². The highest BCUT2D eigenvalue weighted by atomic mass is 16.5. The minimum Gasteiger partial charge on any atom is -0.382 e. The molecule has 0 radical (unpaired) electrons. The molecular formula is C8H13N3O. The zero-order chi connectivity index (χ0) is 8.39. The Hall–Kier alpha value is -1.03. The number of nitrogen functional groups attached to an aromatic ring is 1. The van der Waals surface area contributed by atoms with Crippen molar-refractivity contribution in [2.24, 2.45) is 0 Å². The van der Waals surface area contributed by atoms with Gasteiger partial charge in [-0.25, -0.2) is 0 Å². The predicted octanol–water partition coefficient (Wildman–Crippen LogP) is 0.817. The molecule has 1 aromatic rings. The Balaban J connectivity index is 2.08. The zero-order valence-corrected chi connectivity index (χ0v) is 6.94. The van der Waals surface area contributed by atoms with Gasteiger partial charge in [-0.1, -0.05) is 0 Å². The average molecular weight is 167 g/mol. The Morgan fingerprint density at radius 3 is 3.17 bits per heavy atom. The van der Waals surface area contributed by atoms with Crippen LogP contribution in [-0.4, -0.2) is 23.0 Å². The first-order valence-electron chi connectivity index (χ1n) is 4.24. The van der Waals surface area contributed by atoms with Crippen LogP contribution in [0.1, 0.15) is 18.9 Å². The molecule has 1 atom stereocenters. The number of hydrogen-bond acceptors (Lipinski definition) is 3. The van der Waals surface area contributed by atoms with Crippen LogP contribution in [-0.2, 0) is 4.74 Å². The van der Waals surface area contributed by atoms with Crippen LogP contribution in [0.2, 0.25) is 0 Å². The second-order valence-corrected chi connectivity index (χ2v) is 3.09. The van der Waals surface area contributed by atoms with Gasteiger partial charge in [-0.05, 0) is 18.9 Å². The van der Waals surface area contributed by atoms with Gasteiger partial charge < -0.3 is 10.5 Å². The maximum Gasteiger partial charge on any atom is 0.145 e. The largest absolute Gasteiger partial charge is 0.382 e. The van der Waals surface area contributed by atoms with E-state index in [1.807, 2.05) is 16.9 Å². The second kappa shape index (κ2) is 3.15. The fourth-order valence-electron chi connectivity index (χ4n) is 1.49. The molecule has 66 valence electrons. The zero-order valence-electron chi connectivity index (χ0n) is 6.94. The summed E-state index contributed by atoms with van der Waals surface area (Å²) >= 11 is 0. The first-order chi connectivity index (χ1) is 5.86. The van der Waals surface area contributed by atoms with Crippen molar-refractivity contribution >= 4 is 5.82 Å². The van der Waals surface area contributed by atoms with E-state index in [-0.39, 0.29) is 0 Å². The van der Waals surface area contributed by atoms with E-state index in [0.29, 0.717) is 11.9 Å². The van der Waals surface area contributed by atoms with Crippen molar-refractivity contribution in [1.82, 2.24) is 9.78 Å². The Morgan fingerprint density at radius 2 is 2.58 bits per heavy atom. The monoisotopic (exact) mass is 167 g/mol. The summed E-state index contributed by atoms with van der Waals surface area (Å²) in [5.41, 5.74) is 5.51. The Bertz CT molecular complexity index is 253. The molecule has 1 aromatic heterocycles. The molecule has 0 aliphatic carbocycles. The van der Waals surface area contributed by atoms with E-state index in [9.17, 15) is 0 Å². The Kier molecular flexibility index (Phi) is 1.99. The van der Waals surface area contributed by atoms with Crippen molar-refractivity contribution in [3.05, 3.63) is 12.3 Å². The van der Waals surface area contributed by atoms with Crippen molar-refractivity contribution in [3.63, 3.8) is 0 Å². The van der Waals surface area contributed by atoms with E-state index in [2.05, 4.69) is 5.10 Å². The van der Waals surface area contributed by atoms with Crippen LogP contribution in [0.15, 0.2) is 12.3 Å². The second-order valence-electron chi connectivity index (χ2n) is 3.09. The van der Waals surface area contributed by atoms with Crippen molar-refractivity contribution in [1.29, 1.82) is 0 Å². The first kappa shape index (κ1) is 7.61. The van der Waals surface area contributed by atoms with Crippen LogP contribution >= 0.6 is 0 Å². The quantitative estimate of drug-likeness (QED) is 0.673. The molecule has 2 N–H and O–H groups in total. The molecule has 1 fully saturated rings. The van der Waals surface area contributed by atoms with Gasteiger partial charge >= 0.3 is 0 Å². The highest BCUT2D eigenvalue weighted by molar-refractivity contribution is 5.24. The summed E-state index contributed by atoms with van der Waals surface area (Å²) in [6, 6.07) is 2.20. The maximum absolute atomic E-state index is 5.51. The molecule has 0 spiro atoms. The number of nitrogens with zero attached hydrogens (tertiary/aromatic N) is 2. The van der Waals surface area contributed by atoms with Gasteiger partial charge in [0.05, 0.1) is 12.6 Å².